The summed E-state index contributed by atoms with van der Waals surface area (Å²) in [5.41, 5.74) is 1.19. The lowest BCUT2D eigenvalue weighted by Crippen LogP contribution is -2.38. The van der Waals surface area contributed by atoms with Gasteiger partial charge in [0.1, 0.15) is 15.6 Å². The molecule has 0 saturated heterocycles. The zero-order chi connectivity index (χ0) is 16.4. The van der Waals surface area contributed by atoms with Gasteiger partial charge in [-0.15, -0.1) is 24.0 Å². The van der Waals surface area contributed by atoms with Crippen molar-refractivity contribution in [2.75, 3.05) is 38.8 Å². The molecule has 0 amide bonds. The first-order valence-electron chi connectivity index (χ1n) is 7.27. The van der Waals surface area contributed by atoms with Gasteiger partial charge in [-0.25, -0.2) is 8.42 Å². The van der Waals surface area contributed by atoms with E-state index in [1.54, 1.807) is 7.11 Å². The summed E-state index contributed by atoms with van der Waals surface area (Å²) in [4.78, 5) is 4.25. The highest BCUT2D eigenvalue weighted by Gasteiger charge is 2.02. The summed E-state index contributed by atoms with van der Waals surface area (Å²) >= 11 is 0. The first-order chi connectivity index (χ1) is 10.4. The molecule has 0 aliphatic carbocycles. The van der Waals surface area contributed by atoms with E-state index in [1.807, 2.05) is 31.2 Å². The third-order valence-corrected chi connectivity index (χ3v) is 3.87. The normalized spacial score (nSPS) is 11.5. The van der Waals surface area contributed by atoms with Gasteiger partial charge in [-0.1, -0.05) is 12.1 Å². The van der Waals surface area contributed by atoms with Crippen LogP contribution in [0.4, 0.5) is 0 Å². The molecular weight excluding hydrogens is 429 g/mol. The minimum Gasteiger partial charge on any atom is -0.497 e. The predicted molar refractivity (Wildman–Crippen MR) is 106 cm³/mol. The zero-order valence-electron chi connectivity index (χ0n) is 13.8. The van der Waals surface area contributed by atoms with Crippen molar-refractivity contribution in [3.8, 4) is 5.75 Å². The number of sulfone groups is 1. The van der Waals surface area contributed by atoms with Gasteiger partial charge in [-0.05, 0) is 31.0 Å². The van der Waals surface area contributed by atoms with E-state index in [-0.39, 0.29) is 36.3 Å². The minimum absolute atomic E-state index is 0. The predicted octanol–water partition coefficient (Wildman–Crippen LogP) is 1.46. The van der Waals surface area contributed by atoms with Gasteiger partial charge in [0.05, 0.1) is 19.4 Å². The van der Waals surface area contributed by atoms with E-state index in [9.17, 15) is 8.42 Å². The summed E-state index contributed by atoms with van der Waals surface area (Å²) in [6.45, 7) is 3.68. The van der Waals surface area contributed by atoms with Gasteiger partial charge in [0, 0.05) is 19.3 Å². The summed E-state index contributed by atoms with van der Waals surface area (Å²) in [5, 5.41) is 6.29. The average Bonchev–Trinajstić information content (AvgIpc) is 2.46. The number of nitrogens with one attached hydrogen (secondary N) is 2. The van der Waals surface area contributed by atoms with E-state index in [0.717, 1.165) is 25.3 Å². The van der Waals surface area contributed by atoms with E-state index in [1.165, 1.54) is 11.8 Å². The number of hydrogen-bond donors (Lipinski definition) is 2. The largest absolute Gasteiger partial charge is 0.497 e. The van der Waals surface area contributed by atoms with Crippen molar-refractivity contribution in [3.63, 3.8) is 0 Å². The van der Waals surface area contributed by atoms with Crippen molar-refractivity contribution in [2.45, 2.75) is 13.3 Å². The fourth-order valence-corrected chi connectivity index (χ4v) is 2.21. The molecule has 8 heteroatoms. The standard InChI is InChI=1S/C15H25N3O3S.HI/c1-4-16-15(18-11-12-22(3,19)20)17-10-9-13-5-7-14(21-2)8-6-13;/h5-8H,4,9-12H2,1-3H3,(H2,16,17,18);1H. The number of rotatable bonds is 8. The number of halogens is 1. The number of methoxy groups -OCH3 is 1. The molecule has 0 saturated carbocycles. The fourth-order valence-electron chi connectivity index (χ4n) is 1.78. The van der Waals surface area contributed by atoms with Crippen LogP contribution in [0.1, 0.15) is 12.5 Å². The Balaban J connectivity index is 0.00000484. The molecule has 0 bridgehead atoms. The Kier molecular flexibility index (Phi) is 11.0. The number of ether oxygens (including phenoxy) is 1. The Bertz CT molecular complexity index is 574. The Morgan fingerprint density at radius 3 is 2.39 bits per heavy atom. The van der Waals surface area contributed by atoms with E-state index in [2.05, 4.69) is 15.6 Å². The topological polar surface area (TPSA) is 79.8 Å². The molecule has 0 aliphatic heterocycles. The van der Waals surface area contributed by atoms with Crippen molar-refractivity contribution >= 4 is 39.8 Å². The zero-order valence-corrected chi connectivity index (χ0v) is 17.0. The minimum atomic E-state index is -2.98. The van der Waals surface area contributed by atoms with Crippen molar-refractivity contribution in [2.24, 2.45) is 4.99 Å². The Hall–Kier alpha value is -1.03. The highest BCUT2D eigenvalue weighted by molar-refractivity contribution is 14.0. The second-order valence-electron chi connectivity index (χ2n) is 4.92. The lowest BCUT2D eigenvalue weighted by atomic mass is 10.1. The van der Waals surface area contributed by atoms with Crippen molar-refractivity contribution in [1.82, 2.24) is 10.6 Å². The maximum absolute atomic E-state index is 11.1. The van der Waals surface area contributed by atoms with Gasteiger partial charge in [0.25, 0.3) is 0 Å². The van der Waals surface area contributed by atoms with Gasteiger partial charge in [0.15, 0.2) is 5.96 Å². The number of hydrogen-bond acceptors (Lipinski definition) is 4. The molecule has 1 aromatic carbocycles. The molecule has 1 aromatic rings. The summed E-state index contributed by atoms with van der Waals surface area (Å²) in [5.74, 6) is 1.54. The highest BCUT2D eigenvalue weighted by Crippen LogP contribution is 2.11. The monoisotopic (exact) mass is 455 g/mol. The van der Waals surface area contributed by atoms with Gasteiger partial charge in [0.2, 0.25) is 0 Å². The van der Waals surface area contributed by atoms with Crippen LogP contribution in [0.25, 0.3) is 0 Å². The van der Waals surface area contributed by atoms with Crippen LogP contribution in [-0.2, 0) is 16.3 Å². The Morgan fingerprint density at radius 2 is 1.87 bits per heavy atom. The van der Waals surface area contributed by atoms with Crippen LogP contribution in [0, 0.1) is 0 Å². The van der Waals surface area contributed by atoms with Gasteiger partial charge >= 0.3 is 0 Å². The molecule has 0 radical (unpaired) electrons. The summed E-state index contributed by atoms with van der Waals surface area (Å²) in [6.07, 6.45) is 2.06. The molecule has 132 valence electrons. The second kappa shape index (κ2) is 11.5. The molecule has 0 atom stereocenters. The summed E-state index contributed by atoms with van der Waals surface area (Å²) in [7, 11) is -1.33. The van der Waals surface area contributed by atoms with E-state index < -0.39 is 9.84 Å². The van der Waals surface area contributed by atoms with Crippen LogP contribution >= 0.6 is 24.0 Å². The third-order valence-electron chi connectivity index (χ3n) is 2.94. The maximum atomic E-state index is 11.1. The first kappa shape index (κ1) is 22.0. The maximum Gasteiger partial charge on any atom is 0.191 e. The number of aliphatic imine (C=N–C) groups is 1. The molecule has 0 fully saturated rings. The molecule has 0 aromatic heterocycles. The van der Waals surface area contributed by atoms with Crippen LogP contribution in [0.15, 0.2) is 29.3 Å². The van der Waals surface area contributed by atoms with Crippen molar-refractivity contribution < 1.29 is 13.2 Å². The highest BCUT2D eigenvalue weighted by atomic mass is 127. The molecule has 0 heterocycles. The van der Waals surface area contributed by atoms with E-state index in [4.69, 9.17) is 4.74 Å². The number of guanidine groups is 1. The van der Waals surface area contributed by atoms with Crippen LogP contribution in [0.2, 0.25) is 0 Å². The summed E-state index contributed by atoms with van der Waals surface area (Å²) in [6, 6.07) is 7.91. The molecule has 1 rings (SSSR count). The SMILES string of the molecule is CCNC(=NCCS(C)(=O)=O)NCCc1ccc(OC)cc1.I. The average molecular weight is 455 g/mol. The van der Waals surface area contributed by atoms with Crippen LogP contribution < -0.4 is 15.4 Å². The lowest BCUT2D eigenvalue weighted by molar-refractivity contribution is 0.414. The Morgan fingerprint density at radius 1 is 1.22 bits per heavy atom. The molecular formula is C15H26IN3O3S. The van der Waals surface area contributed by atoms with Crippen LogP contribution in [0.3, 0.4) is 0 Å². The number of benzene rings is 1. The number of nitrogens with zero attached hydrogens (tertiary/aromatic N) is 1. The smallest absolute Gasteiger partial charge is 0.191 e. The van der Waals surface area contributed by atoms with E-state index in [0.29, 0.717) is 5.96 Å². The van der Waals surface area contributed by atoms with Gasteiger partial charge in [-0.2, -0.15) is 0 Å². The molecule has 6 nitrogen and oxygen atoms in total. The summed E-state index contributed by atoms with van der Waals surface area (Å²) < 4.78 is 27.3. The van der Waals surface area contributed by atoms with Gasteiger partial charge < -0.3 is 15.4 Å². The molecule has 2 N–H and O–H groups in total. The van der Waals surface area contributed by atoms with E-state index >= 15 is 0 Å². The van der Waals surface area contributed by atoms with Crippen LogP contribution in [0.5, 0.6) is 5.75 Å². The molecule has 0 spiro atoms. The van der Waals surface area contributed by atoms with Crippen LogP contribution in [-0.4, -0.2) is 53.1 Å². The molecule has 0 aliphatic rings. The Labute approximate surface area is 156 Å². The quantitative estimate of drug-likeness (QED) is 0.353. The fraction of sp³-hybridized carbons (Fsp3) is 0.533. The first-order valence-corrected chi connectivity index (χ1v) is 9.33. The molecule has 0 unspecified atom stereocenters. The van der Waals surface area contributed by atoms with Crippen molar-refractivity contribution in [1.29, 1.82) is 0 Å². The van der Waals surface area contributed by atoms with Crippen molar-refractivity contribution in [3.05, 3.63) is 29.8 Å². The molecule has 23 heavy (non-hydrogen) atoms. The third kappa shape index (κ3) is 10.4. The lowest BCUT2D eigenvalue weighted by Gasteiger charge is -2.11. The van der Waals surface area contributed by atoms with Gasteiger partial charge in [-0.3, -0.25) is 4.99 Å². The second-order valence-corrected chi connectivity index (χ2v) is 7.18.